The fourth-order valence-electron chi connectivity index (χ4n) is 1.56. The summed E-state index contributed by atoms with van der Waals surface area (Å²) < 4.78 is 9.94. The summed E-state index contributed by atoms with van der Waals surface area (Å²) in [5, 5.41) is 27.8. The number of aliphatic hydroxyl groups excluding tert-OH is 2. The van der Waals surface area contributed by atoms with Gasteiger partial charge in [-0.2, -0.15) is 0 Å². The van der Waals surface area contributed by atoms with Crippen molar-refractivity contribution in [2.45, 2.75) is 30.5 Å². The van der Waals surface area contributed by atoms with Crippen molar-refractivity contribution >= 4 is 5.97 Å². The number of aliphatic carboxylic acids is 1. The highest BCUT2D eigenvalue weighted by Gasteiger charge is 2.46. The largest absolute Gasteiger partial charge is 0.479 e. The lowest BCUT2D eigenvalue weighted by atomic mass is 9.95. The number of aliphatic hydroxyl groups is 2. The molecule has 86 valence electrons. The molecule has 1 fully saturated rings. The lowest BCUT2D eigenvalue weighted by Crippen LogP contribution is -2.59. The van der Waals surface area contributed by atoms with E-state index in [4.69, 9.17) is 14.6 Å². The second kappa shape index (κ2) is 4.71. The maximum absolute atomic E-state index is 10.7. The molecule has 0 aromatic heterocycles. The molecule has 6 heteroatoms. The van der Waals surface area contributed by atoms with E-state index < -0.39 is 36.5 Å². The van der Waals surface area contributed by atoms with Crippen LogP contribution in [0.3, 0.4) is 0 Å². The molecule has 1 saturated heterocycles. The molecule has 1 heterocycles. The summed E-state index contributed by atoms with van der Waals surface area (Å²) in [4.78, 5) is 10.7. The summed E-state index contributed by atoms with van der Waals surface area (Å²) in [6.07, 6.45) is -4.52. The van der Waals surface area contributed by atoms with E-state index in [1.807, 2.05) is 0 Å². The molecule has 5 atom stereocenters. The summed E-state index contributed by atoms with van der Waals surface area (Å²) >= 11 is 0. The topological polar surface area (TPSA) is 96.2 Å². The Labute approximate surface area is 86.7 Å². The number of ether oxygens (including phenoxy) is 2. The third kappa shape index (κ3) is 2.18. The van der Waals surface area contributed by atoms with E-state index in [1.54, 1.807) is 0 Å². The van der Waals surface area contributed by atoms with Gasteiger partial charge in [0, 0.05) is 7.11 Å². The van der Waals surface area contributed by atoms with E-state index in [-0.39, 0.29) is 0 Å². The standard InChI is InChI=1S/C9H14O6/c1-3-4-7(14-2)5(10)6(11)8(15-4)9(12)13/h3-8,10-11H,1H2,2H3,(H,12,13)/t4-,5+,6+,7+,8+/m1/s1. The minimum atomic E-state index is -1.51. The molecule has 0 unspecified atom stereocenters. The van der Waals surface area contributed by atoms with Crippen LogP contribution in [0.4, 0.5) is 0 Å². The number of methoxy groups -OCH3 is 1. The third-order valence-electron chi connectivity index (χ3n) is 2.37. The first-order chi connectivity index (χ1) is 7.02. The molecule has 0 aromatic carbocycles. The fraction of sp³-hybridized carbons (Fsp3) is 0.667. The molecule has 0 amide bonds. The summed E-state index contributed by atoms with van der Waals surface area (Å²) in [6.45, 7) is 3.45. The van der Waals surface area contributed by atoms with Gasteiger partial charge in [0.15, 0.2) is 6.10 Å². The van der Waals surface area contributed by atoms with E-state index >= 15 is 0 Å². The Kier molecular flexibility index (Phi) is 3.81. The van der Waals surface area contributed by atoms with Gasteiger partial charge < -0.3 is 24.8 Å². The molecule has 3 N–H and O–H groups in total. The zero-order valence-corrected chi connectivity index (χ0v) is 8.24. The van der Waals surface area contributed by atoms with Gasteiger partial charge in [-0.25, -0.2) is 4.79 Å². The van der Waals surface area contributed by atoms with Crippen LogP contribution in [0.5, 0.6) is 0 Å². The molecule has 0 aliphatic carbocycles. The van der Waals surface area contributed by atoms with Crippen LogP contribution < -0.4 is 0 Å². The molecule has 1 aliphatic heterocycles. The first kappa shape index (κ1) is 12.1. The lowest BCUT2D eigenvalue weighted by molar-refractivity contribution is -0.223. The third-order valence-corrected chi connectivity index (χ3v) is 2.37. The van der Waals surface area contributed by atoms with Crippen LogP contribution in [-0.2, 0) is 14.3 Å². The second-order valence-corrected chi connectivity index (χ2v) is 3.28. The Bertz CT molecular complexity index is 253. The highest BCUT2D eigenvalue weighted by atomic mass is 16.6. The normalized spacial score (nSPS) is 41.1. The lowest BCUT2D eigenvalue weighted by Gasteiger charge is -2.39. The van der Waals surface area contributed by atoms with Gasteiger partial charge in [0.2, 0.25) is 0 Å². The van der Waals surface area contributed by atoms with Crippen LogP contribution in [0.2, 0.25) is 0 Å². The van der Waals surface area contributed by atoms with Gasteiger partial charge in [-0.1, -0.05) is 6.08 Å². The van der Waals surface area contributed by atoms with Crippen molar-refractivity contribution in [2.24, 2.45) is 0 Å². The van der Waals surface area contributed by atoms with Crippen molar-refractivity contribution in [1.29, 1.82) is 0 Å². The SMILES string of the molecule is C=C[C@H]1O[C@H](C(=O)O)[C@@H](O)[C@H](O)[C@H]1OC. The van der Waals surface area contributed by atoms with Crippen LogP contribution in [-0.4, -0.2) is 58.9 Å². The fourth-order valence-corrected chi connectivity index (χ4v) is 1.56. The zero-order chi connectivity index (χ0) is 11.6. The minimum Gasteiger partial charge on any atom is -0.479 e. The molecule has 0 radical (unpaired) electrons. The Hall–Kier alpha value is -0.950. The van der Waals surface area contributed by atoms with E-state index in [2.05, 4.69) is 6.58 Å². The van der Waals surface area contributed by atoms with Gasteiger partial charge in [0.1, 0.15) is 24.4 Å². The van der Waals surface area contributed by atoms with Gasteiger partial charge in [-0.15, -0.1) is 6.58 Å². The molecule has 6 nitrogen and oxygen atoms in total. The Morgan fingerprint density at radius 1 is 1.47 bits per heavy atom. The number of carboxylic acids is 1. The smallest absolute Gasteiger partial charge is 0.335 e. The van der Waals surface area contributed by atoms with Gasteiger partial charge in [0.05, 0.1) is 0 Å². The van der Waals surface area contributed by atoms with Crippen LogP contribution in [0.1, 0.15) is 0 Å². The highest BCUT2D eigenvalue weighted by Crippen LogP contribution is 2.23. The molecule has 1 aliphatic rings. The van der Waals surface area contributed by atoms with Crippen LogP contribution >= 0.6 is 0 Å². The molecule has 15 heavy (non-hydrogen) atoms. The number of rotatable bonds is 3. The van der Waals surface area contributed by atoms with Crippen LogP contribution in [0.15, 0.2) is 12.7 Å². The van der Waals surface area contributed by atoms with Crippen molar-refractivity contribution in [2.75, 3.05) is 7.11 Å². The minimum absolute atomic E-state index is 0.755. The quantitative estimate of drug-likeness (QED) is 0.513. The molecule has 0 spiro atoms. The molecular weight excluding hydrogens is 204 g/mol. The average molecular weight is 218 g/mol. The maximum Gasteiger partial charge on any atom is 0.335 e. The Morgan fingerprint density at radius 3 is 2.47 bits per heavy atom. The van der Waals surface area contributed by atoms with Crippen molar-refractivity contribution in [3.63, 3.8) is 0 Å². The van der Waals surface area contributed by atoms with Gasteiger partial charge >= 0.3 is 5.97 Å². The number of hydrogen-bond acceptors (Lipinski definition) is 5. The van der Waals surface area contributed by atoms with Crippen molar-refractivity contribution in [1.82, 2.24) is 0 Å². The van der Waals surface area contributed by atoms with Crippen LogP contribution in [0.25, 0.3) is 0 Å². The Morgan fingerprint density at radius 2 is 2.07 bits per heavy atom. The Balaban J connectivity index is 2.87. The van der Waals surface area contributed by atoms with E-state index in [9.17, 15) is 15.0 Å². The van der Waals surface area contributed by atoms with E-state index in [1.165, 1.54) is 13.2 Å². The predicted octanol–water partition coefficient (Wildman–Crippen LogP) is -1.24. The maximum atomic E-state index is 10.7. The van der Waals surface area contributed by atoms with Gasteiger partial charge in [0.25, 0.3) is 0 Å². The molecule has 1 rings (SSSR count). The molecule has 0 saturated carbocycles. The first-order valence-electron chi connectivity index (χ1n) is 4.42. The summed E-state index contributed by atoms with van der Waals surface area (Å²) in [6, 6.07) is 0. The summed E-state index contributed by atoms with van der Waals surface area (Å²) in [7, 11) is 1.33. The molecule has 0 bridgehead atoms. The zero-order valence-electron chi connectivity index (χ0n) is 8.24. The van der Waals surface area contributed by atoms with Crippen molar-refractivity contribution in [3.8, 4) is 0 Å². The van der Waals surface area contributed by atoms with E-state index in [0.717, 1.165) is 0 Å². The summed E-state index contributed by atoms with van der Waals surface area (Å²) in [5.74, 6) is -1.33. The monoisotopic (exact) mass is 218 g/mol. The predicted molar refractivity (Wildman–Crippen MR) is 49.3 cm³/mol. The average Bonchev–Trinajstić information content (AvgIpc) is 2.21. The number of carboxylic acid groups (broad SMARTS) is 1. The van der Waals surface area contributed by atoms with Gasteiger partial charge in [-0.05, 0) is 0 Å². The first-order valence-corrected chi connectivity index (χ1v) is 4.42. The molecule has 0 aromatic rings. The van der Waals surface area contributed by atoms with Crippen molar-refractivity contribution in [3.05, 3.63) is 12.7 Å². The molecular formula is C9H14O6. The second-order valence-electron chi connectivity index (χ2n) is 3.28. The number of hydrogen-bond donors (Lipinski definition) is 3. The van der Waals surface area contributed by atoms with E-state index in [0.29, 0.717) is 0 Å². The van der Waals surface area contributed by atoms with Crippen LogP contribution in [0, 0.1) is 0 Å². The van der Waals surface area contributed by atoms with Crippen molar-refractivity contribution < 1.29 is 29.6 Å². The number of carbonyl (C=O) groups is 1. The van der Waals surface area contributed by atoms with Gasteiger partial charge in [-0.3, -0.25) is 0 Å². The highest BCUT2D eigenvalue weighted by molar-refractivity contribution is 5.73. The summed E-state index contributed by atoms with van der Waals surface area (Å²) in [5.41, 5.74) is 0.